The highest BCUT2D eigenvalue weighted by Crippen LogP contribution is 2.19. The van der Waals surface area contributed by atoms with Gasteiger partial charge in [-0.2, -0.15) is 0 Å². The van der Waals surface area contributed by atoms with Gasteiger partial charge in [0.2, 0.25) is 0 Å². The van der Waals surface area contributed by atoms with Gasteiger partial charge in [0.15, 0.2) is 12.2 Å². The first kappa shape index (κ1) is 11.2. The van der Waals surface area contributed by atoms with E-state index in [2.05, 4.69) is 24.1 Å². The minimum absolute atomic E-state index is 0.0403. The van der Waals surface area contributed by atoms with Crippen LogP contribution in [-0.4, -0.2) is 18.1 Å². The molecule has 1 unspecified atom stereocenters. The van der Waals surface area contributed by atoms with Gasteiger partial charge in [-0.05, 0) is 6.92 Å². The van der Waals surface area contributed by atoms with E-state index >= 15 is 0 Å². The molecular weight excluding hydrogens is 180 g/mol. The highest BCUT2D eigenvalue weighted by molar-refractivity contribution is 5.09. The van der Waals surface area contributed by atoms with Gasteiger partial charge < -0.3 is 14.5 Å². The molecule has 0 aliphatic heterocycles. The lowest BCUT2D eigenvalue weighted by Gasteiger charge is -2.10. The van der Waals surface area contributed by atoms with Crippen molar-refractivity contribution in [3.05, 3.63) is 17.8 Å². The van der Waals surface area contributed by atoms with Crippen LogP contribution in [0.1, 0.15) is 38.3 Å². The SMILES string of the molecule is COC(C)c1ocnc1CNC(C)C. The third-order valence-electron chi connectivity index (χ3n) is 2.07. The topological polar surface area (TPSA) is 47.3 Å². The molecule has 1 aromatic heterocycles. The Hall–Kier alpha value is -0.870. The first-order valence-corrected chi connectivity index (χ1v) is 4.83. The molecule has 0 radical (unpaired) electrons. The number of hydrogen-bond donors (Lipinski definition) is 1. The van der Waals surface area contributed by atoms with Gasteiger partial charge in [-0.25, -0.2) is 4.98 Å². The second-order valence-corrected chi connectivity index (χ2v) is 3.58. The van der Waals surface area contributed by atoms with E-state index in [-0.39, 0.29) is 6.10 Å². The summed E-state index contributed by atoms with van der Waals surface area (Å²) in [6, 6.07) is 0.442. The van der Waals surface area contributed by atoms with E-state index in [0.717, 1.165) is 18.0 Å². The second kappa shape index (κ2) is 5.12. The zero-order valence-corrected chi connectivity index (χ0v) is 9.20. The van der Waals surface area contributed by atoms with Crippen LogP contribution in [0.25, 0.3) is 0 Å². The monoisotopic (exact) mass is 198 g/mol. The first-order valence-electron chi connectivity index (χ1n) is 4.83. The third kappa shape index (κ3) is 2.82. The van der Waals surface area contributed by atoms with Crippen LogP contribution >= 0.6 is 0 Å². The van der Waals surface area contributed by atoms with Crippen molar-refractivity contribution >= 4 is 0 Å². The van der Waals surface area contributed by atoms with E-state index in [0.29, 0.717) is 6.04 Å². The number of methoxy groups -OCH3 is 1. The molecule has 0 amide bonds. The summed E-state index contributed by atoms with van der Waals surface area (Å²) < 4.78 is 10.5. The van der Waals surface area contributed by atoms with Crippen LogP contribution in [0.3, 0.4) is 0 Å². The molecule has 4 heteroatoms. The Kier molecular flexibility index (Phi) is 4.10. The summed E-state index contributed by atoms with van der Waals surface area (Å²) in [4.78, 5) is 4.15. The smallest absolute Gasteiger partial charge is 0.181 e. The molecule has 0 aliphatic carbocycles. The number of rotatable bonds is 5. The highest BCUT2D eigenvalue weighted by Gasteiger charge is 2.14. The number of ether oxygens (including phenoxy) is 1. The van der Waals surface area contributed by atoms with Crippen LogP contribution in [0.4, 0.5) is 0 Å². The molecule has 0 bridgehead atoms. The summed E-state index contributed by atoms with van der Waals surface area (Å²) in [7, 11) is 1.66. The van der Waals surface area contributed by atoms with Crippen molar-refractivity contribution in [2.45, 2.75) is 39.5 Å². The Morgan fingerprint density at radius 1 is 1.50 bits per heavy atom. The summed E-state index contributed by atoms with van der Waals surface area (Å²) in [6.45, 7) is 6.86. The van der Waals surface area contributed by atoms with Gasteiger partial charge in [0.1, 0.15) is 6.10 Å². The normalized spacial score (nSPS) is 13.5. The lowest BCUT2D eigenvalue weighted by atomic mass is 10.2. The van der Waals surface area contributed by atoms with Crippen LogP contribution in [0.15, 0.2) is 10.8 Å². The molecule has 4 nitrogen and oxygen atoms in total. The Morgan fingerprint density at radius 2 is 2.21 bits per heavy atom. The van der Waals surface area contributed by atoms with Crippen molar-refractivity contribution in [1.29, 1.82) is 0 Å². The molecule has 0 saturated carbocycles. The zero-order chi connectivity index (χ0) is 10.6. The van der Waals surface area contributed by atoms with E-state index in [9.17, 15) is 0 Å². The number of aromatic nitrogens is 1. The Balaban J connectivity index is 2.62. The van der Waals surface area contributed by atoms with Gasteiger partial charge in [0.25, 0.3) is 0 Å². The van der Waals surface area contributed by atoms with Crippen molar-refractivity contribution in [2.75, 3.05) is 7.11 Å². The maximum Gasteiger partial charge on any atom is 0.181 e. The molecular formula is C10H18N2O2. The van der Waals surface area contributed by atoms with E-state index in [4.69, 9.17) is 9.15 Å². The van der Waals surface area contributed by atoms with E-state index in [1.54, 1.807) is 7.11 Å². The molecule has 0 saturated heterocycles. The fourth-order valence-corrected chi connectivity index (χ4v) is 1.15. The summed E-state index contributed by atoms with van der Waals surface area (Å²) >= 11 is 0. The molecule has 1 rings (SSSR count). The minimum Gasteiger partial charge on any atom is -0.445 e. The fraction of sp³-hybridized carbons (Fsp3) is 0.700. The Morgan fingerprint density at radius 3 is 2.79 bits per heavy atom. The molecule has 0 aromatic carbocycles. The maximum atomic E-state index is 5.27. The lowest BCUT2D eigenvalue weighted by molar-refractivity contribution is 0.0983. The van der Waals surface area contributed by atoms with Crippen LogP contribution < -0.4 is 5.32 Å². The van der Waals surface area contributed by atoms with Gasteiger partial charge in [-0.15, -0.1) is 0 Å². The number of oxazole rings is 1. The quantitative estimate of drug-likeness (QED) is 0.784. The van der Waals surface area contributed by atoms with Crippen molar-refractivity contribution in [3.63, 3.8) is 0 Å². The average molecular weight is 198 g/mol. The molecule has 80 valence electrons. The van der Waals surface area contributed by atoms with Gasteiger partial charge in [0, 0.05) is 19.7 Å². The molecule has 0 spiro atoms. The predicted molar refractivity (Wildman–Crippen MR) is 53.9 cm³/mol. The van der Waals surface area contributed by atoms with Crippen LogP contribution in [0, 0.1) is 0 Å². The van der Waals surface area contributed by atoms with Crippen LogP contribution in [-0.2, 0) is 11.3 Å². The minimum atomic E-state index is -0.0403. The summed E-state index contributed by atoms with van der Waals surface area (Å²) in [5.74, 6) is 0.806. The molecule has 0 aliphatic rings. The van der Waals surface area contributed by atoms with Crippen LogP contribution in [0.2, 0.25) is 0 Å². The van der Waals surface area contributed by atoms with Gasteiger partial charge >= 0.3 is 0 Å². The Labute approximate surface area is 84.7 Å². The van der Waals surface area contributed by atoms with Crippen LogP contribution in [0.5, 0.6) is 0 Å². The second-order valence-electron chi connectivity index (χ2n) is 3.58. The first-order chi connectivity index (χ1) is 6.65. The lowest BCUT2D eigenvalue weighted by Crippen LogP contribution is -2.22. The molecule has 1 atom stereocenters. The number of nitrogens with one attached hydrogen (secondary N) is 1. The van der Waals surface area contributed by atoms with E-state index < -0.39 is 0 Å². The van der Waals surface area contributed by atoms with Gasteiger partial charge in [0.05, 0.1) is 5.69 Å². The van der Waals surface area contributed by atoms with E-state index in [1.165, 1.54) is 6.39 Å². The number of hydrogen-bond acceptors (Lipinski definition) is 4. The standard InChI is InChI=1S/C10H18N2O2/c1-7(2)11-5-9-10(8(3)13-4)14-6-12-9/h6-8,11H,5H2,1-4H3. The fourth-order valence-electron chi connectivity index (χ4n) is 1.15. The van der Waals surface area contributed by atoms with E-state index in [1.807, 2.05) is 6.92 Å². The molecule has 1 N–H and O–H groups in total. The number of nitrogens with zero attached hydrogens (tertiary/aromatic N) is 1. The van der Waals surface area contributed by atoms with Crippen molar-refractivity contribution in [2.24, 2.45) is 0 Å². The van der Waals surface area contributed by atoms with Crippen molar-refractivity contribution in [1.82, 2.24) is 10.3 Å². The summed E-state index contributed by atoms with van der Waals surface area (Å²) in [5.41, 5.74) is 0.924. The highest BCUT2D eigenvalue weighted by atomic mass is 16.5. The molecule has 14 heavy (non-hydrogen) atoms. The largest absolute Gasteiger partial charge is 0.445 e. The van der Waals surface area contributed by atoms with Crippen molar-refractivity contribution < 1.29 is 9.15 Å². The van der Waals surface area contributed by atoms with Gasteiger partial charge in [-0.1, -0.05) is 13.8 Å². The zero-order valence-electron chi connectivity index (χ0n) is 9.20. The average Bonchev–Trinajstić information content (AvgIpc) is 2.61. The molecule has 1 heterocycles. The maximum absolute atomic E-state index is 5.27. The third-order valence-corrected chi connectivity index (χ3v) is 2.07. The molecule has 1 aromatic rings. The Bertz CT molecular complexity index is 271. The summed E-state index contributed by atoms with van der Waals surface area (Å²) in [6.07, 6.45) is 1.42. The van der Waals surface area contributed by atoms with Gasteiger partial charge in [-0.3, -0.25) is 0 Å². The predicted octanol–water partition coefficient (Wildman–Crippen LogP) is 1.88. The molecule has 0 fully saturated rings. The van der Waals surface area contributed by atoms with Crippen molar-refractivity contribution in [3.8, 4) is 0 Å². The summed E-state index contributed by atoms with van der Waals surface area (Å²) in [5, 5.41) is 3.29.